The normalized spacial score (nSPS) is 26.1. The second kappa shape index (κ2) is 5.08. The summed E-state index contributed by atoms with van der Waals surface area (Å²) in [4.78, 5) is 0. The number of nitrogens with two attached hydrogens (primary N) is 1. The molecule has 1 saturated carbocycles. The van der Waals surface area contributed by atoms with Gasteiger partial charge in [0.2, 0.25) is 0 Å². The largest absolute Gasteiger partial charge is 0.493 e. The molecule has 0 aliphatic heterocycles. The predicted molar refractivity (Wildman–Crippen MR) is 67.8 cm³/mol. The Balaban J connectivity index is 2.14. The van der Waals surface area contributed by atoms with Crippen LogP contribution in [0, 0.1) is 11.8 Å². The molecule has 1 fully saturated rings. The van der Waals surface area contributed by atoms with E-state index in [1.165, 1.54) is 25.7 Å². The van der Waals surface area contributed by atoms with Gasteiger partial charge in [-0.15, -0.1) is 0 Å². The summed E-state index contributed by atoms with van der Waals surface area (Å²) in [6, 6.07) is 0.0500. The van der Waals surface area contributed by atoms with Crippen LogP contribution >= 0.6 is 0 Å². The molecule has 17 heavy (non-hydrogen) atoms. The number of methoxy groups -OCH3 is 1. The molecule has 1 aromatic rings. The van der Waals surface area contributed by atoms with Crippen LogP contribution in [0.1, 0.15) is 44.3 Å². The van der Waals surface area contributed by atoms with Crippen LogP contribution in [0.25, 0.3) is 0 Å². The minimum atomic E-state index is 0.0500. The van der Waals surface area contributed by atoms with Gasteiger partial charge in [0, 0.05) is 7.05 Å². The lowest BCUT2D eigenvalue weighted by molar-refractivity contribution is 0.367. The van der Waals surface area contributed by atoms with Gasteiger partial charge in [0.05, 0.1) is 25.0 Å². The third-order valence-electron chi connectivity index (χ3n) is 4.15. The molecule has 0 spiro atoms. The average Bonchev–Trinajstić information content (AvgIpc) is 2.94. The summed E-state index contributed by atoms with van der Waals surface area (Å²) in [6.07, 6.45) is 6.81. The summed E-state index contributed by atoms with van der Waals surface area (Å²) >= 11 is 0. The quantitative estimate of drug-likeness (QED) is 0.874. The van der Waals surface area contributed by atoms with E-state index in [0.29, 0.717) is 5.92 Å². The summed E-state index contributed by atoms with van der Waals surface area (Å²) in [5, 5.41) is 4.23. The first-order valence-corrected chi connectivity index (χ1v) is 6.48. The van der Waals surface area contributed by atoms with Gasteiger partial charge in [0.15, 0.2) is 5.75 Å². The molecule has 4 heteroatoms. The maximum absolute atomic E-state index is 6.40. The summed E-state index contributed by atoms with van der Waals surface area (Å²) in [7, 11) is 3.61. The SMILES string of the molecule is CCC1CCC(C(N)c2c(OC)cnn2C)C1. The molecule has 0 saturated heterocycles. The fourth-order valence-corrected chi connectivity index (χ4v) is 3.00. The zero-order chi connectivity index (χ0) is 12.4. The molecule has 0 aromatic carbocycles. The molecule has 1 aliphatic carbocycles. The van der Waals surface area contributed by atoms with Crippen molar-refractivity contribution in [3.8, 4) is 5.75 Å². The molecule has 3 atom stereocenters. The van der Waals surface area contributed by atoms with E-state index in [1.54, 1.807) is 13.3 Å². The fourth-order valence-electron chi connectivity index (χ4n) is 3.00. The summed E-state index contributed by atoms with van der Waals surface area (Å²) in [5.74, 6) is 2.24. The highest BCUT2D eigenvalue weighted by atomic mass is 16.5. The molecule has 2 rings (SSSR count). The minimum Gasteiger partial charge on any atom is -0.493 e. The van der Waals surface area contributed by atoms with Crippen LogP contribution in [0.4, 0.5) is 0 Å². The van der Waals surface area contributed by atoms with Crippen LogP contribution in [-0.4, -0.2) is 16.9 Å². The maximum Gasteiger partial charge on any atom is 0.161 e. The minimum absolute atomic E-state index is 0.0500. The highest BCUT2D eigenvalue weighted by Crippen LogP contribution is 2.41. The molecule has 0 radical (unpaired) electrons. The Labute approximate surface area is 103 Å². The highest BCUT2D eigenvalue weighted by molar-refractivity contribution is 5.28. The first-order chi connectivity index (χ1) is 8.17. The van der Waals surface area contributed by atoms with Crippen molar-refractivity contribution in [2.24, 2.45) is 24.6 Å². The van der Waals surface area contributed by atoms with Gasteiger partial charge in [0.25, 0.3) is 0 Å². The van der Waals surface area contributed by atoms with Gasteiger partial charge in [-0.3, -0.25) is 4.68 Å². The Morgan fingerprint density at radius 3 is 2.94 bits per heavy atom. The molecule has 96 valence electrons. The number of nitrogens with zero attached hydrogens (tertiary/aromatic N) is 2. The third kappa shape index (κ3) is 2.32. The van der Waals surface area contributed by atoms with Crippen LogP contribution in [0.5, 0.6) is 5.75 Å². The van der Waals surface area contributed by atoms with E-state index in [9.17, 15) is 0 Å². The number of ether oxygens (including phenoxy) is 1. The van der Waals surface area contributed by atoms with Gasteiger partial charge in [-0.05, 0) is 24.7 Å². The fraction of sp³-hybridized carbons (Fsp3) is 0.769. The zero-order valence-electron chi connectivity index (χ0n) is 11.0. The molecular weight excluding hydrogens is 214 g/mol. The lowest BCUT2D eigenvalue weighted by Gasteiger charge is -2.20. The predicted octanol–water partition coefficient (Wildman–Crippen LogP) is 2.25. The lowest BCUT2D eigenvalue weighted by Crippen LogP contribution is -2.23. The molecular formula is C13H23N3O. The molecule has 0 bridgehead atoms. The molecule has 2 N–H and O–H groups in total. The summed E-state index contributed by atoms with van der Waals surface area (Å²) in [6.45, 7) is 2.27. The number of hydrogen-bond donors (Lipinski definition) is 1. The van der Waals surface area contributed by atoms with Crippen molar-refractivity contribution in [1.29, 1.82) is 0 Å². The Kier molecular flexibility index (Phi) is 3.72. The second-order valence-corrected chi connectivity index (χ2v) is 5.09. The Morgan fingerprint density at radius 2 is 2.35 bits per heavy atom. The van der Waals surface area contributed by atoms with E-state index >= 15 is 0 Å². The van der Waals surface area contributed by atoms with Crippen LogP contribution in [-0.2, 0) is 7.05 Å². The lowest BCUT2D eigenvalue weighted by atomic mass is 9.94. The Morgan fingerprint density at radius 1 is 1.59 bits per heavy atom. The molecule has 4 nitrogen and oxygen atoms in total. The van der Waals surface area contributed by atoms with Crippen molar-refractivity contribution in [3.05, 3.63) is 11.9 Å². The van der Waals surface area contributed by atoms with Gasteiger partial charge in [-0.25, -0.2) is 0 Å². The van der Waals surface area contributed by atoms with Crippen LogP contribution in [0.2, 0.25) is 0 Å². The topological polar surface area (TPSA) is 53.1 Å². The van der Waals surface area contributed by atoms with Crippen molar-refractivity contribution >= 4 is 0 Å². The summed E-state index contributed by atoms with van der Waals surface area (Å²) in [5.41, 5.74) is 7.43. The first kappa shape index (κ1) is 12.4. The summed E-state index contributed by atoms with van der Waals surface area (Å²) < 4.78 is 7.19. The van der Waals surface area contributed by atoms with Gasteiger partial charge in [0.1, 0.15) is 0 Å². The van der Waals surface area contributed by atoms with Crippen LogP contribution in [0.15, 0.2) is 6.20 Å². The van der Waals surface area contributed by atoms with Crippen LogP contribution < -0.4 is 10.5 Å². The second-order valence-electron chi connectivity index (χ2n) is 5.09. The van der Waals surface area contributed by atoms with Crippen molar-refractivity contribution in [2.75, 3.05) is 7.11 Å². The van der Waals surface area contributed by atoms with Crippen molar-refractivity contribution in [1.82, 2.24) is 9.78 Å². The molecule has 1 aliphatic rings. The van der Waals surface area contributed by atoms with Gasteiger partial charge in [-0.1, -0.05) is 19.8 Å². The maximum atomic E-state index is 6.40. The Hall–Kier alpha value is -1.03. The van der Waals surface area contributed by atoms with Crippen molar-refractivity contribution in [2.45, 2.75) is 38.6 Å². The van der Waals surface area contributed by atoms with Gasteiger partial charge in [-0.2, -0.15) is 5.10 Å². The molecule has 0 amide bonds. The molecule has 3 unspecified atom stereocenters. The van der Waals surface area contributed by atoms with Crippen LogP contribution in [0.3, 0.4) is 0 Å². The monoisotopic (exact) mass is 237 g/mol. The van der Waals surface area contributed by atoms with Gasteiger partial charge >= 0.3 is 0 Å². The number of hydrogen-bond acceptors (Lipinski definition) is 3. The van der Waals surface area contributed by atoms with Crippen molar-refractivity contribution < 1.29 is 4.74 Å². The molecule has 1 aromatic heterocycles. The van der Waals surface area contributed by atoms with E-state index in [0.717, 1.165) is 17.4 Å². The number of rotatable bonds is 4. The van der Waals surface area contributed by atoms with E-state index < -0.39 is 0 Å². The average molecular weight is 237 g/mol. The van der Waals surface area contributed by atoms with E-state index in [1.807, 2.05) is 11.7 Å². The van der Waals surface area contributed by atoms with E-state index in [-0.39, 0.29) is 6.04 Å². The first-order valence-electron chi connectivity index (χ1n) is 6.48. The Bertz CT molecular complexity index is 375. The number of aryl methyl sites for hydroxylation is 1. The van der Waals surface area contributed by atoms with E-state index in [4.69, 9.17) is 10.5 Å². The van der Waals surface area contributed by atoms with E-state index in [2.05, 4.69) is 12.0 Å². The van der Waals surface area contributed by atoms with Crippen molar-refractivity contribution in [3.63, 3.8) is 0 Å². The van der Waals surface area contributed by atoms with Gasteiger partial charge < -0.3 is 10.5 Å². The zero-order valence-corrected chi connectivity index (χ0v) is 11.0. The number of aromatic nitrogens is 2. The highest BCUT2D eigenvalue weighted by Gasteiger charge is 2.31. The molecule has 1 heterocycles. The smallest absolute Gasteiger partial charge is 0.161 e. The standard InChI is InChI=1S/C13H23N3O/c1-4-9-5-6-10(7-9)12(14)13-11(17-3)8-15-16(13)2/h8-10,12H,4-7,14H2,1-3H3. The third-order valence-corrected chi connectivity index (χ3v) is 4.15.